The van der Waals surface area contributed by atoms with Crippen LogP contribution in [0.2, 0.25) is 0 Å². The van der Waals surface area contributed by atoms with Crippen LogP contribution >= 0.6 is 0 Å². The van der Waals surface area contributed by atoms with Gasteiger partial charge in [-0.1, -0.05) is 0 Å². The number of carbonyl (C=O) groups excluding carboxylic acids is 1. The number of aromatic amines is 1. The van der Waals surface area contributed by atoms with Gasteiger partial charge in [-0.2, -0.15) is 15.1 Å². The number of hydrogen-bond donors (Lipinski definition) is 2. The number of aromatic nitrogens is 5. The van der Waals surface area contributed by atoms with E-state index in [9.17, 15) is 4.79 Å². The van der Waals surface area contributed by atoms with E-state index >= 15 is 0 Å². The maximum absolute atomic E-state index is 13.0. The second-order valence-electron chi connectivity index (χ2n) is 10.4. The van der Waals surface area contributed by atoms with Crippen LogP contribution in [0.25, 0.3) is 11.0 Å². The largest absolute Gasteiger partial charge is 0.496 e. The predicted octanol–water partition coefficient (Wildman–Crippen LogP) is 2.61. The number of ether oxygens (including phenoxy) is 2. The zero-order chi connectivity index (χ0) is 25.9. The molecule has 11 heteroatoms. The Labute approximate surface area is 217 Å². The zero-order valence-corrected chi connectivity index (χ0v) is 22.0. The fraction of sp³-hybridized carbons (Fsp3) is 0.577. The molecular formula is C26H36N8O3. The van der Waals surface area contributed by atoms with Crippen molar-refractivity contribution in [2.24, 2.45) is 5.92 Å². The van der Waals surface area contributed by atoms with Gasteiger partial charge in [0.25, 0.3) is 5.91 Å². The van der Waals surface area contributed by atoms with Gasteiger partial charge in [-0.3, -0.25) is 9.89 Å². The highest BCUT2D eigenvalue weighted by molar-refractivity contribution is 5.93. The average molecular weight is 509 g/mol. The minimum absolute atomic E-state index is 0.0114. The van der Waals surface area contributed by atoms with E-state index in [1.54, 1.807) is 19.4 Å². The van der Waals surface area contributed by atoms with Gasteiger partial charge in [0.1, 0.15) is 17.3 Å². The molecule has 0 radical (unpaired) electrons. The number of likely N-dealkylation sites (N-methyl/N-ethyl adjacent to an activating group) is 1. The van der Waals surface area contributed by atoms with Crippen molar-refractivity contribution in [2.75, 3.05) is 52.3 Å². The van der Waals surface area contributed by atoms with E-state index in [0.717, 1.165) is 60.8 Å². The summed E-state index contributed by atoms with van der Waals surface area (Å²) in [6.45, 7) is 4.87. The molecule has 4 heterocycles. The molecule has 1 saturated carbocycles. The smallest absolute Gasteiger partial charge is 0.319 e. The number of carbonyl (C=O) groups is 1. The summed E-state index contributed by atoms with van der Waals surface area (Å²) in [6.07, 6.45) is 5.84. The predicted molar refractivity (Wildman–Crippen MR) is 140 cm³/mol. The van der Waals surface area contributed by atoms with Crippen molar-refractivity contribution in [2.45, 2.75) is 44.6 Å². The number of amides is 1. The first kappa shape index (κ1) is 25.2. The van der Waals surface area contributed by atoms with Gasteiger partial charge >= 0.3 is 6.01 Å². The molecule has 1 aliphatic heterocycles. The van der Waals surface area contributed by atoms with Crippen LogP contribution in [-0.2, 0) is 0 Å². The lowest BCUT2D eigenvalue weighted by Gasteiger charge is -2.32. The summed E-state index contributed by atoms with van der Waals surface area (Å²) in [6, 6.07) is 3.90. The van der Waals surface area contributed by atoms with Crippen LogP contribution in [-0.4, -0.2) is 89.4 Å². The van der Waals surface area contributed by atoms with Gasteiger partial charge in [0.15, 0.2) is 5.65 Å². The van der Waals surface area contributed by atoms with Crippen LogP contribution in [0.5, 0.6) is 11.8 Å². The van der Waals surface area contributed by atoms with E-state index in [0.29, 0.717) is 18.2 Å². The first-order valence-electron chi connectivity index (χ1n) is 13.0. The normalized spacial score (nSPS) is 17.3. The van der Waals surface area contributed by atoms with E-state index in [2.05, 4.69) is 35.4 Å². The fourth-order valence-corrected chi connectivity index (χ4v) is 4.92. The van der Waals surface area contributed by atoms with E-state index in [-0.39, 0.29) is 23.9 Å². The molecule has 1 aliphatic carbocycles. The molecule has 2 fully saturated rings. The zero-order valence-electron chi connectivity index (χ0n) is 22.0. The molecule has 0 aromatic carbocycles. The van der Waals surface area contributed by atoms with Crippen molar-refractivity contribution >= 4 is 22.8 Å². The molecule has 198 valence electrons. The molecule has 1 atom stereocenters. The minimum atomic E-state index is -0.216. The van der Waals surface area contributed by atoms with Crippen LogP contribution in [0, 0.1) is 5.92 Å². The molecule has 11 nitrogen and oxygen atoms in total. The third-order valence-corrected chi connectivity index (χ3v) is 6.96. The molecule has 0 bridgehead atoms. The number of H-pyrrole nitrogens is 1. The molecule has 2 aliphatic rings. The molecule has 2 N–H and O–H groups in total. The van der Waals surface area contributed by atoms with Crippen LogP contribution in [0.15, 0.2) is 18.3 Å². The number of nitrogens with zero attached hydrogens (tertiary/aromatic N) is 6. The molecule has 3 aromatic heterocycles. The topological polar surface area (TPSA) is 121 Å². The Bertz CT molecular complexity index is 1230. The first-order chi connectivity index (χ1) is 17.9. The summed E-state index contributed by atoms with van der Waals surface area (Å²) in [5.74, 6) is 2.12. The van der Waals surface area contributed by atoms with Gasteiger partial charge in [0.05, 0.1) is 24.8 Å². The van der Waals surface area contributed by atoms with E-state index in [1.165, 1.54) is 12.8 Å². The quantitative estimate of drug-likeness (QED) is 0.426. The second kappa shape index (κ2) is 10.9. The monoisotopic (exact) mass is 508 g/mol. The van der Waals surface area contributed by atoms with Crippen molar-refractivity contribution in [3.05, 3.63) is 29.7 Å². The molecule has 5 rings (SSSR count). The first-order valence-corrected chi connectivity index (χ1v) is 13.0. The third kappa shape index (κ3) is 5.93. The number of rotatable bonds is 10. The molecule has 37 heavy (non-hydrogen) atoms. The van der Waals surface area contributed by atoms with Crippen LogP contribution < -0.4 is 19.7 Å². The van der Waals surface area contributed by atoms with Gasteiger partial charge in [-0.05, 0) is 58.7 Å². The average Bonchev–Trinajstić information content (AvgIpc) is 3.63. The van der Waals surface area contributed by atoms with E-state index < -0.39 is 0 Å². The lowest BCUT2D eigenvalue weighted by Crippen LogP contribution is -2.40. The van der Waals surface area contributed by atoms with Crippen molar-refractivity contribution in [1.82, 2.24) is 35.4 Å². The van der Waals surface area contributed by atoms with E-state index in [4.69, 9.17) is 9.47 Å². The summed E-state index contributed by atoms with van der Waals surface area (Å²) in [7, 11) is 5.63. The second-order valence-corrected chi connectivity index (χ2v) is 10.4. The Hall–Kier alpha value is -3.47. The van der Waals surface area contributed by atoms with Gasteiger partial charge in [0.2, 0.25) is 0 Å². The molecular weight excluding hydrogens is 472 g/mol. The summed E-state index contributed by atoms with van der Waals surface area (Å²) >= 11 is 0. The van der Waals surface area contributed by atoms with Gasteiger partial charge in [-0.25, -0.2) is 4.98 Å². The van der Waals surface area contributed by atoms with Crippen molar-refractivity contribution in [3.63, 3.8) is 0 Å². The lowest BCUT2D eigenvalue weighted by atomic mass is 9.92. The number of methoxy groups -OCH3 is 1. The van der Waals surface area contributed by atoms with Crippen molar-refractivity contribution < 1.29 is 14.3 Å². The summed E-state index contributed by atoms with van der Waals surface area (Å²) < 4.78 is 11.5. The summed E-state index contributed by atoms with van der Waals surface area (Å²) in [4.78, 5) is 30.8. The van der Waals surface area contributed by atoms with Gasteiger partial charge in [0, 0.05) is 43.9 Å². The Morgan fingerprint density at radius 1 is 1.24 bits per heavy atom. The maximum atomic E-state index is 13.0. The Morgan fingerprint density at radius 2 is 2.03 bits per heavy atom. The number of fused-ring (bicyclic) bond motifs is 1. The fourth-order valence-electron chi connectivity index (χ4n) is 4.92. The standard InChI is InChI=1S/C26H36N8O3/c1-16(14-33(2)3)28-25(35)19-13-21(30-26(29-19)37-15-17-5-6-17)34-11-8-18(9-12-34)23-22-20(36-4)7-10-27-24(22)32-31-23/h7,10,13,16-18H,5-6,8-9,11-12,14-15H2,1-4H3,(H,28,35)(H,27,31,32)/t16-/m1/s1. The number of pyridine rings is 1. The number of anilines is 1. The maximum Gasteiger partial charge on any atom is 0.319 e. The Balaban J connectivity index is 1.32. The summed E-state index contributed by atoms with van der Waals surface area (Å²) in [5, 5.41) is 11.6. The highest BCUT2D eigenvalue weighted by atomic mass is 16.5. The van der Waals surface area contributed by atoms with Gasteiger partial charge < -0.3 is 24.6 Å². The lowest BCUT2D eigenvalue weighted by molar-refractivity contribution is 0.0927. The van der Waals surface area contributed by atoms with Crippen LogP contribution in [0.4, 0.5) is 5.82 Å². The van der Waals surface area contributed by atoms with Gasteiger partial charge in [-0.15, -0.1) is 0 Å². The van der Waals surface area contributed by atoms with Crippen LogP contribution in [0.3, 0.4) is 0 Å². The number of nitrogens with one attached hydrogen (secondary N) is 2. The number of piperidine rings is 1. The molecule has 1 saturated heterocycles. The molecule has 1 amide bonds. The summed E-state index contributed by atoms with van der Waals surface area (Å²) in [5.41, 5.74) is 2.06. The molecule has 0 unspecified atom stereocenters. The number of hydrogen-bond acceptors (Lipinski definition) is 9. The SMILES string of the molecule is COc1ccnc2[nH]nc(C3CCN(c4cc(C(=O)N[C@H](C)CN(C)C)nc(OCC5CC5)n4)CC3)c12. The molecule has 3 aromatic rings. The van der Waals surface area contributed by atoms with E-state index in [1.807, 2.05) is 32.0 Å². The van der Waals surface area contributed by atoms with Crippen molar-refractivity contribution in [1.29, 1.82) is 0 Å². The Morgan fingerprint density at radius 3 is 2.73 bits per heavy atom. The van der Waals surface area contributed by atoms with Crippen molar-refractivity contribution in [3.8, 4) is 11.8 Å². The third-order valence-electron chi connectivity index (χ3n) is 6.96. The highest BCUT2D eigenvalue weighted by Gasteiger charge is 2.28. The van der Waals surface area contributed by atoms with Crippen LogP contribution in [0.1, 0.15) is 54.7 Å². The Kier molecular flexibility index (Phi) is 7.40. The highest BCUT2D eigenvalue weighted by Crippen LogP contribution is 2.36. The molecule has 0 spiro atoms. The minimum Gasteiger partial charge on any atom is -0.496 e.